The third-order valence-electron chi connectivity index (χ3n) is 3.01. The van der Waals surface area contributed by atoms with E-state index < -0.39 is 18.1 Å². The first-order chi connectivity index (χ1) is 10.4. The number of aliphatic carboxylic acids is 1. The van der Waals surface area contributed by atoms with E-state index in [1.54, 1.807) is 0 Å². The van der Waals surface area contributed by atoms with Crippen LogP contribution in [-0.2, 0) is 19.1 Å². The Morgan fingerprint density at radius 1 is 1.23 bits per heavy atom. The van der Waals surface area contributed by atoms with Crippen molar-refractivity contribution < 1.29 is 24.2 Å². The molecule has 0 aromatic heterocycles. The molecule has 1 rings (SSSR count). The minimum Gasteiger partial charge on any atom is -0.479 e. The Labute approximate surface area is 128 Å². The van der Waals surface area contributed by atoms with Crippen LogP contribution < -0.4 is 10.6 Å². The number of ether oxygens (including phenoxy) is 1. The molecule has 0 heterocycles. The molecule has 0 spiro atoms. The van der Waals surface area contributed by atoms with Crippen LogP contribution in [0.2, 0.25) is 0 Å². The number of carboxylic acids is 1. The predicted octanol–water partition coefficient (Wildman–Crippen LogP) is 0.470. The molecule has 22 heavy (non-hydrogen) atoms. The van der Waals surface area contributed by atoms with Gasteiger partial charge in [-0.05, 0) is 5.56 Å². The highest BCUT2D eigenvalue weighted by Crippen LogP contribution is 2.16. The fraction of sp³-hybridized carbons (Fsp3) is 0.400. The largest absolute Gasteiger partial charge is 0.479 e. The Bertz CT molecular complexity index is 518. The Hall–Kier alpha value is -2.41. The second kappa shape index (κ2) is 8.78. The van der Waals surface area contributed by atoms with Crippen molar-refractivity contribution in [3.05, 3.63) is 35.9 Å². The van der Waals surface area contributed by atoms with Crippen LogP contribution >= 0.6 is 0 Å². The number of carbonyl (C=O) groups excluding carboxylic acids is 2. The first-order valence-electron chi connectivity index (χ1n) is 6.78. The van der Waals surface area contributed by atoms with Gasteiger partial charge in [-0.25, -0.2) is 4.79 Å². The number of carbonyl (C=O) groups is 3. The van der Waals surface area contributed by atoms with E-state index in [4.69, 9.17) is 9.84 Å². The van der Waals surface area contributed by atoms with Crippen LogP contribution in [0.3, 0.4) is 0 Å². The molecule has 0 saturated heterocycles. The smallest absolute Gasteiger partial charge is 0.334 e. The van der Waals surface area contributed by atoms with E-state index in [0.717, 1.165) is 5.56 Å². The van der Waals surface area contributed by atoms with E-state index in [2.05, 4.69) is 10.6 Å². The fourth-order valence-electron chi connectivity index (χ4n) is 1.92. The van der Waals surface area contributed by atoms with Crippen molar-refractivity contribution in [2.24, 2.45) is 0 Å². The van der Waals surface area contributed by atoms with Gasteiger partial charge in [0.1, 0.15) is 0 Å². The van der Waals surface area contributed by atoms with Gasteiger partial charge in [0, 0.05) is 14.0 Å². The SMILES string of the molecule is COC(CNC(=O)CC(NC(C)=O)c1ccccc1)C(=O)O. The monoisotopic (exact) mass is 308 g/mol. The maximum Gasteiger partial charge on any atom is 0.334 e. The quantitative estimate of drug-likeness (QED) is 0.647. The molecule has 0 aliphatic rings. The first-order valence-corrected chi connectivity index (χ1v) is 6.78. The highest BCUT2D eigenvalue weighted by atomic mass is 16.5. The lowest BCUT2D eigenvalue weighted by atomic mass is 10.0. The number of benzene rings is 1. The van der Waals surface area contributed by atoms with E-state index in [0.29, 0.717) is 0 Å². The van der Waals surface area contributed by atoms with Crippen LogP contribution in [0.25, 0.3) is 0 Å². The second-order valence-corrected chi connectivity index (χ2v) is 4.73. The molecule has 120 valence electrons. The molecule has 0 aliphatic carbocycles. The van der Waals surface area contributed by atoms with Crippen molar-refractivity contribution in [3.8, 4) is 0 Å². The minimum atomic E-state index is -1.15. The Kier molecular flexibility index (Phi) is 7.04. The highest BCUT2D eigenvalue weighted by molar-refractivity contribution is 5.80. The molecule has 0 fully saturated rings. The fourth-order valence-corrected chi connectivity index (χ4v) is 1.92. The van der Waals surface area contributed by atoms with Gasteiger partial charge >= 0.3 is 5.97 Å². The summed E-state index contributed by atoms with van der Waals surface area (Å²) in [5.74, 6) is -1.77. The van der Waals surface area contributed by atoms with Crippen molar-refractivity contribution in [2.45, 2.75) is 25.5 Å². The average Bonchev–Trinajstić information content (AvgIpc) is 2.47. The Morgan fingerprint density at radius 2 is 1.86 bits per heavy atom. The van der Waals surface area contributed by atoms with Crippen LogP contribution in [0.15, 0.2) is 30.3 Å². The van der Waals surface area contributed by atoms with Crippen molar-refractivity contribution in [1.82, 2.24) is 10.6 Å². The molecule has 3 N–H and O–H groups in total. The van der Waals surface area contributed by atoms with Crippen LogP contribution in [0, 0.1) is 0 Å². The lowest BCUT2D eigenvalue weighted by molar-refractivity contribution is -0.148. The van der Waals surface area contributed by atoms with Crippen molar-refractivity contribution in [2.75, 3.05) is 13.7 Å². The first kappa shape index (κ1) is 17.6. The van der Waals surface area contributed by atoms with Gasteiger partial charge in [0.05, 0.1) is 19.0 Å². The Morgan fingerprint density at radius 3 is 2.36 bits per heavy atom. The average molecular weight is 308 g/mol. The number of rotatable bonds is 8. The van der Waals surface area contributed by atoms with E-state index in [9.17, 15) is 14.4 Å². The molecule has 0 bridgehead atoms. The highest BCUT2D eigenvalue weighted by Gasteiger charge is 2.20. The zero-order valence-corrected chi connectivity index (χ0v) is 12.5. The van der Waals surface area contributed by atoms with Gasteiger partial charge in [-0.3, -0.25) is 9.59 Å². The molecule has 1 aromatic rings. The molecule has 0 saturated carbocycles. The standard InChI is InChI=1S/C15H20N2O5/c1-10(18)17-12(11-6-4-3-5-7-11)8-14(19)16-9-13(22-2)15(20)21/h3-7,12-13H,8-9H2,1-2H3,(H,16,19)(H,17,18)(H,20,21). The molecule has 7 heteroatoms. The molecule has 0 aliphatic heterocycles. The third kappa shape index (κ3) is 5.92. The van der Waals surface area contributed by atoms with Gasteiger partial charge in [0.2, 0.25) is 11.8 Å². The predicted molar refractivity (Wildman–Crippen MR) is 79.1 cm³/mol. The van der Waals surface area contributed by atoms with Gasteiger partial charge in [0.15, 0.2) is 6.10 Å². The summed E-state index contributed by atoms with van der Waals surface area (Å²) in [6, 6.07) is 8.61. The van der Waals surface area contributed by atoms with E-state index in [1.807, 2.05) is 30.3 Å². The number of hydrogen-bond acceptors (Lipinski definition) is 4. The normalized spacial score (nSPS) is 13.0. The number of nitrogens with one attached hydrogen (secondary N) is 2. The number of hydrogen-bond donors (Lipinski definition) is 3. The molecular formula is C15H20N2O5. The number of amides is 2. The molecule has 2 amide bonds. The lowest BCUT2D eigenvalue weighted by Gasteiger charge is -2.19. The van der Waals surface area contributed by atoms with E-state index in [1.165, 1.54) is 14.0 Å². The summed E-state index contributed by atoms with van der Waals surface area (Å²) < 4.78 is 4.73. The zero-order chi connectivity index (χ0) is 16.5. The van der Waals surface area contributed by atoms with Crippen LogP contribution in [0.1, 0.15) is 24.9 Å². The summed E-state index contributed by atoms with van der Waals surface area (Å²) in [7, 11) is 1.26. The topological polar surface area (TPSA) is 105 Å². The molecule has 2 unspecified atom stereocenters. The summed E-state index contributed by atoms with van der Waals surface area (Å²) >= 11 is 0. The number of carboxylic acid groups (broad SMARTS) is 1. The molecule has 7 nitrogen and oxygen atoms in total. The van der Waals surface area contributed by atoms with Gasteiger partial charge in [-0.15, -0.1) is 0 Å². The molecule has 0 radical (unpaired) electrons. The summed E-state index contributed by atoms with van der Waals surface area (Å²) in [5.41, 5.74) is 0.800. The maximum absolute atomic E-state index is 11.9. The molecular weight excluding hydrogens is 288 g/mol. The van der Waals surface area contributed by atoms with Gasteiger partial charge < -0.3 is 20.5 Å². The Balaban J connectivity index is 2.64. The lowest BCUT2D eigenvalue weighted by Crippen LogP contribution is -2.39. The summed E-state index contributed by atoms with van der Waals surface area (Å²) in [5, 5.41) is 14.0. The van der Waals surface area contributed by atoms with Crippen LogP contribution in [-0.4, -0.2) is 42.6 Å². The van der Waals surface area contributed by atoms with Crippen LogP contribution in [0.5, 0.6) is 0 Å². The second-order valence-electron chi connectivity index (χ2n) is 4.73. The van der Waals surface area contributed by atoms with Gasteiger partial charge in [0.25, 0.3) is 0 Å². The molecule has 2 atom stereocenters. The van der Waals surface area contributed by atoms with Crippen LogP contribution in [0.4, 0.5) is 0 Å². The third-order valence-corrected chi connectivity index (χ3v) is 3.01. The zero-order valence-electron chi connectivity index (χ0n) is 12.5. The van der Waals surface area contributed by atoms with E-state index in [-0.39, 0.29) is 24.8 Å². The summed E-state index contributed by atoms with van der Waals surface area (Å²) in [4.78, 5) is 34.0. The van der Waals surface area contributed by atoms with Crippen molar-refractivity contribution >= 4 is 17.8 Å². The van der Waals surface area contributed by atoms with E-state index >= 15 is 0 Å². The summed E-state index contributed by atoms with van der Waals surface area (Å²) in [6.45, 7) is 1.24. The minimum absolute atomic E-state index is 0.0135. The van der Waals surface area contributed by atoms with Crippen molar-refractivity contribution in [1.29, 1.82) is 0 Å². The van der Waals surface area contributed by atoms with Gasteiger partial charge in [-0.2, -0.15) is 0 Å². The van der Waals surface area contributed by atoms with Crippen molar-refractivity contribution in [3.63, 3.8) is 0 Å². The van der Waals surface area contributed by atoms with Gasteiger partial charge in [-0.1, -0.05) is 30.3 Å². The molecule has 1 aromatic carbocycles. The summed E-state index contributed by atoms with van der Waals surface area (Å²) in [6.07, 6.45) is -1.08. The maximum atomic E-state index is 11.9. The number of methoxy groups -OCH3 is 1.